The predicted molar refractivity (Wildman–Crippen MR) is 95.9 cm³/mol. The van der Waals surface area contributed by atoms with Crippen molar-refractivity contribution in [3.8, 4) is 0 Å². The summed E-state index contributed by atoms with van der Waals surface area (Å²) < 4.78 is 2.51. The number of hydrogen-bond donors (Lipinski definition) is 1. The van der Waals surface area contributed by atoms with Gasteiger partial charge in [-0.05, 0) is 40.6 Å². The first-order chi connectivity index (χ1) is 10.6. The highest BCUT2D eigenvalue weighted by atomic mass is 127. The molecule has 0 unspecified atom stereocenters. The number of hydrogen-bond acceptors (Lipinski definition) is 2. The smallest absolute Gasteiger partial charge is 0.263 e. The number of nitrogens with one attached hydrogen (secondary N) is 1. The molecule has 5 heteroatoms. The highest BCUT2D eigenvalue weighted by molar-refractivity contribution is 14.1. The number of carbonyl (C=O) groups excluding carboxylic acids is 1. The van der Waals surface area contributed by atoms with E-state index in [9.17, 15) is 9.59 Å². The summed E-state index contributed by atoms with van der Waals surface area (Å²) in [6, 6.07) is 11.3. The van der Waals surface area contributed by atoms with E-state index in [1.165, 1.54) is 0 Å². The minimum absolute atomic E-state index is 0.207. The number of pyridine rings is 1. The van der Waals surface area contributed by atoms with Gasteiger partial charge in [0.2, 0.25) is 0 Å². The van der Waals surface area contributed by atoms with E-state index in [1.807, 2.05) is 30.3 Å². The zero-order valence-electron chi connectivity index (χ0n) is 12.5. The van der Waals surface area contributed by atoms with Crippen LogP contribution in [0.1, 0.15) is 35.7 Å². The Morgan fingerprint density at radius 1 is 1.27 bits per heavy atom. The number of carbonyl (C=O) groups is 1. The summed E-state index contributed by atoms with van der Waals surface area (Å²) in [6.45, 7) is 3.14. The third-order valence-corrected chi connectivity index (χ3v) is 3.94. The Hall–Kier alpha value is -1.63. The third kappa shape index (κ3) is 4.43. The van der Waals surface area contributed by atoms with Gasteiger partial charge in [-0.25, -0.2) is 0 Å². The first-order valence-electron chi connectivity index (χ1n) is 7.34. The molecule has 0 atom stereocenters. The maximum atomic E-state index is 12.4. The van der Waals surface area contributed by atoms with Gasteiger partial charge < -0.3 is 9.88 Å². The van der Waals surface area contributed by atoms with Gasteiger partial charge in [0.05, 0.1) is 0 Å². The normalized spacial score (nSPS) is 10.5. The van der Waals surface area contributed by atoms with Crippen LogP contribution in [0.3, 0.4) is 0 Å². The fraction of sp³-hybridized carbons (Fsp3) is 0.294. The Kier molecular flexibility index (Phi) is 6.18. The molecular weight excluding hydrogens is 391 g/mol. The molecule has 0 radical (unpaired) electrons. The van der Waals surface area contributed by atoms with Crippen LogP contribution >= 0.6 is 22.6 Å². The lowest BCUT2D eigenvalue weighted by Crippen LogP contribution is -2.33. The van der Waals surface area contributed by atoms with Crippen LogP contribution < -0.4 is 10.9 Å². The second kappa shape index (κ2) is 8.12. The van der Waals surface area contributed by atoms with Crippen LogP contribution in [0, 0.1) is 3.57 Å². The first-order valence-corrected chi connectivity index (χ1v) is 8.41. The average molecular weight is 410 g/mol. The molecule has 1 aromatic heterocycles. The van der Waals surface area contributed by atoms with Gasteiger partial charge in [0, 0.05) is 22.9 Å². The van der Waals surface area contributed by atoms with Crippen LogP contribution in [0.5, 0.6) is 0 Å². The van der Waals surface area contributed by atoms with Crippen LogP contribution in [0.15, 0.2) is 47.4 Å². The molecule has 0 aliphatic rings. The van der Waals surface area contributed by atoms with Crippen LogP contribution in [0.4, 0.5) is 0 Å². The van der Waals surface area contributed by atoms with Crippen molar-refractivity contribution < 1.29 is 4.79 Å². The fourth-order valence-corrected chi connectivity index (χ4v) is 2.78. The minimum atomic E-state index is -0.322. The van der Waals surface area contributed by atoms with Gasteiger partial charge in [0.1, 0.15) is 5.56 Å². The first kappa shape index (κ1) is 16.7. The number of aryl methyl sites for hydroxylation is 1. The van der Waals surface area contributed by atoms with Gasteiger partial charge >= 0.3 is 0 Å². The van der Waals surface area contributed by atoms with Gasteiger partial charge in [-0.15, -0.1) is 0 Å². The molecule has 0 aliphatic heterocycles. The van der Waals surface area contributed by atoms with Gasteiger partial charge in [0.15, 0.2) is 0 Å². The van der Waals surface area contributed by atoms with Crippen LogP contribution in [-0.2, 0) is 13.1 Å². The molecule has 2 rings (SSSR count). The number of halogens is 1. The van der Waals surface area contributed by atoms with Crippen LogP contribution in [0.25, 0.3) is 0 Å². The largest absolute Gasteiger partial charge is 0.348 e. The molecule has 0 bridgehead atoms. The molecule has 0 saturated carbocycles. The molecule has 1 heterocycles. The lowest BCUT2D eigenvalue weighted by atomic mass is 10.2. The fourth-order valence-electron chi connectivity index (χ4n) is 2.13. The molecule has 0 saturated heterocycles. The van der Waals surface area contributed by atoms with Crippen molar-refractivity contribution in [2.24, 2.45) is 0 Å². The predicted octanol–water partition coefficient (Wildman–Crippen LogP) is 3.18. The summed E-state index contributed by atoms with van der Waals surface area (Å²) >= 11 is 2.13. The molecule has 0 fully saturated rings. The molecule has 1 N–H and O–H groups in total. The van der Waals surface area contributed by atoms with Crippen molar-refractivity contribution in [2.75, 3.05) is 0 Å². The van der Waals surface area contributed by atoms with Gasteiger partial charge in [-0.3, -0.25) is 9.59 Å². The van der Waals surface area contributed by atoms with Crippen molar-refractivity contribution >= 4 is 28.5 Å². The summed E-state index contributed by atoms with van der Waals surface area (Å²) in [4.78, 5) is 24.7. The monoisotopic (exact) mass is 410 g/mol. The topological polar surface area (TPSA) is 51.1 Å². The quantitative estimate of drug-likeness (QED) is 0.744. The van der Waals surface area contributed by atoms with Crippen molar-refractivity contribution in [3.05, 3.63) is 67.6 Å². The summed E-state index contributed by atoms with van der Waals surface area (Å²) in [7, 11) is 0. The number of aromatic nitrogens is 1. The lowest BCUT2D eigenvalue weighted by Gasteiger charge is -2.09. The van der Waals surface area contributed by atoms with Crippen molar-refractivity contribution in [3.63, 3.8) is 0 Å². The molecule has 2 aromatic rings. The van der Waals surface area contributed by atoms with Gasteiger partial charge in [-0.2, -0.15) is 0 Å². The molecule has 1 amide bonds. The number of amides is 1. The number of nitrogens with zero attached hydrogens (tertiary/aromatic N) is 1. The second-order valence-electron chi connectivity index (χ2n) is 5.09. The molecule has 0 spiro atoms. The molecule has 22 heavy (non-hydrogen) atoms. The van der Waals surface area contributed by atoms with E-state index in [0.717, 1.165) is 22.0 Å². The second-order valence-corrected chi connectivity index (χ2v) is 6.34. The molecular formula is C17H19IN2O2. The summed E-state index contributed by atoms with van der Waals surface area (Å²) in [5.41, 5.74) is 0.992. The van der Waals surface area contributed by atoms with E-state index in [1.54, 1.807) is 16.8 Å². The van der Waals surface area contributed by atoms with Gasteiger partial charge in [0.25, 0.3) is 11.5 Å². The Morgan fingerprint density at radius 3 is 2.68 bits per heavy atom. The van der Waals surface area contributed by atoms with E-state index < -0.39 is 0 Å². The third-order valence-electron chi connectivity index (χ3n) is 3.35. The maximum Gasteiger partial charge on any atom is 0.263 e. The minimum Gasteiger partial charge on any atom is -0.348 e. The van der Waals surface area contributed by atoms with Crippen molar-refractivity contribution in [2.45, 2.75) is 32.9 Å². The van der Waals surface area contributed by atoms with Crippen LogP contribution in [0.2, 0.25) is 0 Å². The SMILES string of the molecule is CCCCn1cc(I)cc(C(=O)NCc2ccccc2)c1=O. The summed E-state index contributed by atoms with van der Waals surface area (Å²) in [5.74, 6) is -0.322. The Bertz CT molecular complexity index is 696. The molecule has 116 valence electrons. The van der Waals surface area contributed by atoms with Gasteiger partial charge in [-0.1, -0.05) is 43.7 Å². The zero-order valence-corrected chi connectivity index (χ0v) is 14.7. The highest BCUT2D eigenvalue weighted by Gasteiger charge is 2.13. The van der Waals surface area contributed by atoms with Crippen LogP contribution in [-0.4, -0.2) is 10.5 Å². The number of benzene rings is 1. The van der Waals surface area contributed by atoms with Crippen molar-refractivity contribution in [1.82, 2.24) is 9.88 Å². The zero-order chi connectivity index (χ0) is 15.9. The van der Waals surface area contributed by atoms with Crippen molar-refractivity contribution in [1.29, 1.82) is 0 Å². The Balaban J connectivity index is 2.15. The lowest BCUT2D eigenvalue weighted by molar-refractivity contribution is 0.0948. The number of rotatable bonds is 6. The average Bonchev–Trinajstić information content (AvgIpc) is 2.54. The standard InChI is InChI=1S/C17H19IN2O2/c1-2-3-9-20-12-14(18)10-15(17(20)22)16(21)19-11-13-7-5-4-6-8-13/h4-8,10,12H,2-3,9,11H2,1H3,(H,19,21). The summed E-state index contributed by atoms with van der Waals surface area (Å²) in [5, 5.41) is 2.81. The maximum absolute atomic E-state index is 12.4. The van der Waals surface area contributed by atoms with E-state index in [-0.39, 0.29) is 17.0 Å². The molecule has 0 aliphatic carbocycles. The highest BCUT2D eigenvalue weighted by Crippen LogP contribution is 2.06. The van der Waals surface area contributed by atoms with E-state index in [2.05, 4.69) is 34.8 Å². The molecule has 4 nitrogen and oxygen atoms in total. The van der Waals surface area contributed by atoms with E-state index in [4.69, 9.17) is 0 Å². The Labute approximate surface area is 143 Å². The van der Waals surface area contributed by atoms with E-state index in [0.29, 0.717) is 13.1 Å². The van der Waals surface area contributed by atoms with E-state index >= 15 is 0 Å². The molecule has 1 aromatic carbocycles. The number of unbranched alkanes of at least 4 members (excludes halogenated alkanes) is 1. The summed E-state index contributed by atoms with van der Waals surface area (Å²) in [6.07, 6.45) is 3.73. The Morgan fingerprint density at radius 2 is 2.00 bits per heavy atom.